The first kappa shape index (κ1) is 37.5. The number of hydrogen-bond donors (Lipinski definition) is 3. The summed E-state index contributed by atoms with van der Waals surface area (Å²) in [6.45, 7) is 0. The molecule has 4 rings (SSSR count). The zero-order valence-corrected chi connectivity index (χ0v) is 22.0. The van der Waals surface area contributed by atoms with Crippen molar-refractivity contribution in [2.24, 2.45) is 0 Å². The summed E-state index contributed by atoms with van der Waals surface area (Å²) in [4.78, 5) is 0. The third-order valence-corrected chi connectivity index (χ3v) is 5.89. The van der Waals surface area contributed by atoms with Crippen molar-refractivity contribution in [1.29, 1.82) is 0 Å². The molecule has 0 aliphatic rings. The van der Waals surface area contributed by atoms with E-state index in [9.17, 15) is 81.0 Å². The number of halogens is 15. The molecule has 0 aliphatic heterocycles. The van der Waals surface area contributed by atoms with E-state index in [-0.39, 0.29) is 18.4 Å². The van der Waals surface area contributed by atoms with Gasteiger partial charge in [-0.3, -0.25) is 0 Å². The highest BCUT2D eigenvalue weighted by molar-refractivity contribution is 6.30. The monoisotopic (exact) mass is 686 g/mol. The maximum absolute atomic E-state index is 14.9. The van der Waals surface area contributed by atoms with Gasteiger partial charge in [0, 0.05) is 16.7 Å². The summed E-state index contributed by atoms with van der Waals surface area (Å²) in [5, 5.41) is 33.5. The van der Waals surface area contributed by atoms with Crippen LogP contribution in [-0.2, 0) is 0 Å². The normalized spacial score (nSPS) is 10.9. The SMILES string of the molecule is [NH4+].[NH4+].[O-]B([O-])Oc1cc(-c2c(F)c(F)c(F)c(F)c2F)c(O)c(-c2c(F)c(F)c(F)c(F)c2F)c1-c1c(F)c(F)c(F)c(F)c1F. The summed E-state index contributed by atoms with van der Waals surface area (Å²) < 4.78 is 219. The third kappa shape index (κ3) is 5.41. The Morgan fingerprint density at radius 1 is 0.413 bits per heavy atom. The van der Waals surface area contributed by atoms with Crippen LogP contribution in [0.1, 0.15) is 0 Å². The van der Waals surface area contributed by atoms with Gasteiger partial charge in [0.05, 0.1) is 16.7 Å². The lowest BCUT2D eigenvalue weighted by Gasteiger charge is -2.30. The molecular weight excluding hydrogens is 676 g/mol. The highest BCUT2D eigenvalue weighted by Crippen LogP contribution is 2.53. The molecule has 0 heterocycles. The molecule has 0 saturated carbocycles. The zero-order valence-electron chi connectivity index (χ0n) is 22.0. The number of aromatic hydroxyl groups is 1. The Kier molecular flexibility index (Phi) is 10.6. The number of quaternary nitrogens is 2. The maximum atomic E-state index is 14.9. The molecule has 22 heteroatoms. The van der Waals surface area contributed by atoms with Crippen molar-refractivity contribution in [2.45, 2.75) is 0 Å². The van der Waals surface area contributed by atoms with Crippen LogP contribution in [0.4, 0.5) is 65.9 Å². The molecule has 0 aliphatic carbocycles. The smallest absolute Gasteiger partial charge is 0.200 e. The summed E-state index contributed by atoms with van der Waals surface area (Å²) in [5.41, 5.74) is -14.1. The molecule has 0 amide bonds. The summed E-state index contributed by atoms with van der Waals surface area (Å²) in [6, 6.07) is -0.390. The topological polar surface area (TPSA) is 149 Å². The molecule has 0 radical (unpaired) electrons. The number of benzene rings is 4. The first-order valence-electron chi connectivity index (χ1n) is 10.8. The van der Waals surface area contributed by atoms with E-state index in [0.29, 0.717) is 0 Å². The van der Waals surface area contributed by atoms with E-state index in [4.69, 9.17) is 0 Å². The lowest BCUT2D eigenvalue weighted by atomic mass is 9.86. The summed E-state index contributed by atoms with van der Waals surface area (Å²) >= 11 is 0. The second-order valence-corrected chi connectivity index (χ2v) is 8.26. The van der Waals surface area contributed by atoms with Crippen molar-refractivity contribution >= 4 is 7.32 Å². The Bertz CT molecular complexity index is 1820. The fourth-order valence-electron chi connectivity index (χ4n) is 4.02. The minimum atomic E-state index is -3.84. The molecule has 0 atom stereocenters. The van der Waals surface area contributed by atoms with Gasteiger partial charge in [-0.05, 0) is 6.07 Å². The van der Waals surface area contributed by atoms with Crippen LogP contribution in [0.3, 0.4) is 0 Å². The highest BCUT2D eigenvalue weighted by Gasteiger charge is 2.38. The molecule has 9 N–H and O–H groups in total. The molecule has 4 aromatic carbocycles. The van der Waals surface area contributed by atoms with E-state index in [1.165, 1.54) is 0 Å². The lowest BCUT2D eigenvalue weighted by molar-refractivity contribution is -0.372. The molecule has 0 aromatic heterocycles. The molecule has 0 unspecified atom stereocenters. The predicted molar refractivity (Wildman–Crippen MR) is 122 cm³/mol. The number of hydrogen-bond acceptors (Lipinski definition) is 4. The quantitative estimate of drug-likeness (QED) is 0.0976. The van der Waals surface area contributed by atoms with Gasteiger partial charge >= 0.3 is 0 Å². The van der Waals surface area contributed by atoms with Crippen LogP contribution < -0.4 is 27.0 Å². The average molecular weight is 686 g/mol. The summed E-state index contributed by atoms with van der Waals surface area (Å²) in [6.07, 6.45) is 0. The number of phenolic OH excluding ortho intramolecular Hbond substituents is 1. The van der Waals surface area contributed by atoms with Crippen LogP contribution >= 0.6 is 0 Å². The summed E-state index contributed by atoms with van der Waals surface area (Å²) in [5.74, 6) is -48.5. The van der Waals surface area contributed by atoms with Crippen LogP contribution in [0.2, 0.25) is 0 Å². The molecule has 0 saturated heterocycles. The average Bonchev–Trinajstić information content (AvgIpc) is 2.97. The third-order valence-electron chi connectivity index (χ3n) is 5.89. The van der Waals surface area contributed by atoms with Gasteiger partial charge in [-0.2, -0.15) is 0 Å². The fourth-order valence-corrected chi connectivity index (χ4v) is 4.02. The molecule has 6 nitrogen and oxygen atoms in total. The van der Waals surface area contributed by atoms with Crippen molar-refractivity contribution < 1.29 is 85.7 Å². The van der Waals surface area contributed by atoms with Crippen molar-refractivity contribution in [2.75, 3.05) is 0 Å². The van der Waals surface area contributed by atoms with Crippen LogP contribution in [0, 0.1) is 87.3 Å². The molecule has 0 spiro atoms. The van der Waals surface area contributed by atoms with E-state index in [1.807, 2.05) is 0 Å². The van der Waals surface area contributed by atoms with E-state index in [1.54, 1.807) is 0 Å². The first-order valence-corrected chi connectivity index (χ1v) is 10.8. The zero-order chi connectivity index (χ0) is 33.3. The first-order chi connectivity index (χ1) is 20.4. The van der Waals surface area contributed by atoms with Gasteiger partial charge in [0.15, 0.2) is 69.8 Å². The van der Waals surface area contributed by atoms with Gasteiger partial charge in [-0.1, -0.05) is 0 Å². The van der Waals surface area contributed by atoms with Crippen LogP contribution in [0.5, 0.6) is 11.5 Å². The van der Waals surface area contributed by atoms with Crippen molar-refractivity contribution in [1.82, 2.24) is 12.3 Å². The second kappa shape index (κ2) is 13.0. The van der Waals surface area contributed by atoms with Gasteiger partial charge in [0.25, 0.3) is 0 Å². The Morgan fingerprint density at radius 2 is 0.674 bits per heavy atom. The number of phenols is 1. The van der Waals surface area contributed by atoms with Crippen LogP contribution in [0.25, 0.3) is 33.4 Å². The van der Waals surface area contributed by atoms with Gasteiger partial charge in [-0.15, -0.1) is 0 Å². The number of rotatable bonds is 5. The fraction of sp³-hybridized carbons (Fsp3) is 0. The molecule has 46 heavy (non-hydrogen) atoms. The standard InChI is InChI=1S/C24H2BF15O4.2H3N/c26-9-4(10(27)16(33)21(38)15(9)32)2-1-3(44-25(42)43)5(7-11(28)17(34)22(39)18(35)12(7)29)6(24(2)41)8-13(30)19(36)23(40)20(37)14(8)31;;/h1,41H;2*1H3/q-2;;/p+2. The molecular formula is C24H10BF15N2O4. The molecule has 0 bridgehead atoms. The summed E-state index contributed by atoms with van der Waals surface area (Å²) in [7, 11) is -3.84. The van der Waals surface area contributed by atoms with Crippen molar-refractivity contribution in [3.8, 4) is 44.9 Å². The molecule has 248 valence electrons. The Hall–Kier alpha value is -4.67. The molecule has 4 aromatic rings. The minimum Gasteiger partial charge on any atom is -0.860 e. The van der Waals surface area contributed by atoms with E-state index >= 15 is 0 Å². The molecule has 0 fully saturated rings. The second-order valence-electron chi connectivity index (χ2n) is 8.26. The van der Waals surface area contributed by atoms with E-state index < -0.39 is 139 Å². The van der Waals surface area contributed by atoms with Crippen LogP contribution in [0.15, 0.2) is 6.07 Å². The van der Waals surface area contributed by atoms with Gasteiger partial charge in [0.2, 0.25) is 17.5 Å². The predicted octanol–water partition coefficient (Wildman–Crippen LogP) is 6.32. The van der Waals surface area contributed by atoms with E-state index in [2.05, 4.69) is 4.65 Å². The van der Waals surface area contributed by atoms with Gasteiger partial charge < -0.3 is 32.1 Å². The minimum absolute atomic E-state index is 0. The highest BCUT2D eigenvalue weighted by atomic mass is 19.2. The van der Waals surface area contributed by atoms with Crippen molar-refractivity contribution in [3.63, 3.8) is 0 Å². The van der Waals surface area contributed by atoms with Gasteiger partial charge in [0.1, 0.15) is 18.8 Å². The van der Waals surface area contributed by atoms with Gasteiger partial charge in [-0.25, -0.2) is 65.9 Å². The lowest BCUT2D eigenvalue weighted by Crippen LogP contribution is -2.50. The van der Waals surface area contributed by atoms with Crippen LogP contribution in [-0.4, -0.2) is 12.4 Å². The Balaban J connectivity index is 0.00000368. The Labute approximate surface area is 244 Å². The van der Waals surface area contributed by atoms with E-state index in [0.717, 1.165) is 0 Å². The Morgan fingerprint density at radius 3 is 0.978 bits per heavy atom. The van der Waals surface area contributed by atoms with Crippen molar-refractivity contribution in [3.05, 3.63) is 93.3 Å². The largest absolute Gasteiger partial charge is 0.860 e. The maximum Gasteiger partial charge on any atom is 0.200 e.